The molecule has 0 radical (unpaired) electrons. The molecule has 8 nitrogen and oxygen atoms in total. The van der Waals surface area contributed by atoms with E-state index in [1.54, 1.807) is 0 Å². The van der Waals surface area contributed by atoms with Gasteiger partial charge in [0.1, 0.15) is 0 Å². The molecule has 10 heteroatoms. The normalized spacial score (nSPS) is 11.3. The molecule has 0 saturated carbocycles. The molecule has 1 N–H and O–H groups in total. The minimum absolute atomic E-state index is 0.0882. The maximum atomic E-state index is 12.3. The van der Waals surface area contributed by atoms with Gasteiger partial charge in [-0.25, -0.2) is 8.42 Å². The first-order valence-corrected chi connectivity index (χ1v) is 7.69. The van der Waals surface area contributed by atoms with Gasteiger partial charge in [0.05, 0.1) is 16.8 Å². The summed E-state index contributed by atoms with van der Waals surface area (Å²) in [6.07, 6.45) is 2.80. The van der Waals surface area contributed by atoms with Crippen LogP contribution in [-0.2, 0) is 16.6 Å². The van der Waals surface area contributed by atoms with Crippen molar-refractivity contribution < 1.29 is 13.3 Å². The SMILES string of the molecule is CCn1cc(NS(=O)(=O)c2cc(Cl)ccc2[N+](=O)[O-])cn1. The zero-order valence-corrected chi connectivity index (χ0v) is 12.4. The molecule has 1 aromatic heterocycles. The van der Waals surface area contributed by atoms with Crippen molar-refractivity contribution in [1.29, 1.82) is 0 Å². The van der Waals surface area contributed by atoms with Crippen LogP contribution in [0.15, 0.2) is 35.5 Å². The highest BCUT2D eigenvalue weighted by atomic mass is 35.5. The molecule has 0 bridgehead atoms. The van der Waals surface area contributed by atoms with Gasteiger partial charge in [0.15, 0.2) is 4.90 Å². The Morgan fingerprint density at radius 3 is 2.76 bits per heavy atom. The van der Waals surface area contributed by atoms with Crippen LogP contribution in [0.25, 0.3) is 0 Å². The molecule has 0 saturated heterocycles. The van der Waals surface area contributed by atoms with Gasteiger partial charge in [0.2, 0.25) is 0 Å². The van der Waals surface area contributed by atoms with E-state index in [2.05, 4.69) is 9.82 Å². The number of nitrogens with one attached hydrogen (secondary N) is 1. The number of anilines is 1. The van der Waals surface area contributed by atoms with Crippen molar-refractivity contribution in [2.75, 3.05) is 4.72 Å². The second kappa shape index (κ2) is 5.70. The summed E-state index contributed by atoms with van der Waals surface area (Å²) >= 11 is 5.73. The fourth-order valence-electron chi connectivity index (χ4n) is 1.65. The Morgan fingerprint density at radius 2 is 2.19 bits per heavy atom. The smallest absolute Gasteiger partial charge is 0.276 e. The van der Waals surface area contributed by atoms with Crippen LogP contribution in [0.3, 0.4) is 0 Å². The largest absolute Gasteiger partial charge is 0.289 e. The molecular formula is C11H11ClN4O4S. The lowest BCUT2D eigenvalue weighted by molar-refractivity contribution is -0.387. The number of hydrogen-bond acceptors (Lipinski definition) is 5. The molecule has 1 aromatic carbocycles. The van der Waals surface area contributed by atoms with Crippen LogP contribution in [0.5, 0.6) is 0 Å². The Balaban J connectivity index is 2.43. The van der Waals surface area contributed by atoms with Crippen LogP contribution in [0, 0.1) is 10.1 Å². The van der Waals surface area contributed by atoms with Crippen molar-refractivity contribution in [3.8, 4) is 0 Å². The second-order valence-electron chi connectivity index (χ2n) is 4.06. The van der Waals surface area contributed by atoms with E-state index in [1.165, 1.54) is 23.1 Å². The molecule has 0 aliphatic heterocycles. The van der Waals surface area contributed by atoms with Gasteiger partial charge in [0.25, 0.3) is 15.7 Å². The summed E-state index contributed by atoms with van der Waals surface area (Å²) in [4.78, 5) is 9.66. The van der Waals surface area contributed by atoms with Gasteiger partial charge in [-0.2, -0.15) is 5.10 Å². The molecule has 2 rings (SSSR count). The average molecular weight is 331 g/mol. The van der Waals surface area contributed by atoms with E-state index >= 15 is 0 Å². The highest BCUT2D eigenvalue weighted by molar-refractivity contribution is 7.92. The van der Waals surface area contributed by atoms with Gasteiger partial charge in [-0.3, -0.25) is 19.5 Å². The lowest BCUT2D eigenvalue weighted by atomic mass is 10.3. The number of aryl methyl sites for hydroxylation is 1. The third-order valence-corrected chi connectivity index (χ3v) is 4.26. The molecular weight excluding hydrogens is 320 g/mol. The first-order chi connectivity index (χ1) is 9.83. The number of rotatable bonds is 5. The van der Waals surface area contributed by atoms with Crippen molar-refractivity contribution in [3.63, 3.8) is 0 Å². The number of halogens is 1. The van der Waals surface area contributed by atoms with E-state index in [0.29, 0.717) is 6.54 Å². The van der Waals surface area contributed by atoms with Crippen LogP contribution < -0.4 is 4.72 Å². The average Bonchev–Trinajstić information content (AvgIpc) is 2.85. The number of sulfonamides is 1. The number of nitrogens with zero attached hydrogens (tertiary/aromatic N) is 3. The molecule has 0 unspecified atom stereocenters. The topological polar surface area (TPSA) is 107 Å². The lowest BCUT2D eigenvalue weighted by Crippen LogP contribution is -2.14. The first kappa shape index (κ1) is 15.3. The van der Waals surface area contributed by atoms with Crippen molar-refractivity contribution in [2.24, 2.45) is 0 Å². The van der Waals surface area contributed by atoms with E-state index < -0.39 is 25.5 Å². The van der Waals surface area contributed by atoms with Crippen molar-refractivity contribution >= 4 is 33.0 Å². The summed E-state index contributed by atoms with van der Waals surface area (Å²) in [5, 5.41) is 14.9. The number of aromatic nitrogens is 2. The van der Waals surface area contributed by atoms with E-state index in [0.717, 1.165) is 12.1 Å². The van der Waals surface area contributed by atoms with Gasteiger partial charge in [0, 0.05) is 23.8 Å². The Kier molecular flexibility index (Phi) is 4.14. The van der Waals surface area contributed by atoms with Gasteiger partial charge >= 0.3 is 0 Å². The Morgan fingerprint density at radius 1 is 1.48 bits per heavy atom. The van der Waals surface area contributed by atoms with Gasteiger partial charge in [-0.1, -0.05) is 11.6 Å². The Bertz CT molecular complexity index is 787. The number of nitro benzene ring substituents is 1. The minimum atomic E-state index is -4.14. The Hall–Kier alpha value is -2.13. The summed E-state index contributed by atoms with van der Waals surface area (Å²) in [6, 6.07) is 3.34. The maximum Gasteiger partial charge on any atom is 0.289 e. The molecule has 0 fully saturated rings. The molecule has 21 heavy (non-hydrogen) atoms. The standard InChI is InChI=1S/C11H11ClN4O4S/c1-2-15-7-9(6-13-15)14-21(19,20)11-5-8(12)3-4-10(11)16(17)18/h3-7,14H,2H2,1H3. The Labute approximate surface area is 125 Å². The van der Waals surface area contributed by atoms with E-state index in [9.17, 15) is 18.5 Å². The van der Waals surface area contributed by atoms with Gasteiger partial charge in [-0.05, 0) is 19.1 Å². The van der Waals surface area contributed by atoms with E-state index in [4.69, 9.17) is 11.6 Å². The second-order valence-corrected chi connectivity index (χ2v) is 6.15. The summed E-state index contributed by atoms with van der Waals surface area (Å²) in [7, 11) is -4.14. The van der Waals surface area contributed by atoms with Crippen LogP contribution in [-0.4, -0.2) is 23.1 Å². The van der Waals surface area contributed by atoms with E-state index in [-0.39, 0.29) is 10.7 Å². The van der Waals surface area contributed by atoms with Gasteiger partial charge < -0.3 is 0 Å². The summed E-state index contributed by atoms with van der Waals surface area (Å²) in [5.41, 5.74) is -0.332. The van der Waals surface area contributed by atoms with Crippen molar-refractivity contribution in [2.45, 2.75) is 18.4 Å². The molecule has 0 aliphatic carbocycles. The van der Waals surface area contributed by atoms with E-state index in [1.807, 2.05) is 6.92 Å². The molecule has 0 spiro atoms. The lowest BCUT2D eigenvalue weighted by Gasteiger charge is -2.06. The number of nitro groups is 1. The highest BCUT2D eigenvalue weighted by Gasteiger charge is 2.26. The molecule has 1 heterocycles. The number of benzene rings is 1. The third-order valence-electron chi connectivity index (χ3n) is 2.62. The molecule has 0 amide bonds. The molecule has 2 aromatic rings. The van der Waals surface area contributed by atoms with Gasteiger partial charge in [-0.15, -0.1) is 0 Å². The molecule has 0 atom stereocenters. The fourth-order valence-corrected chi connectivity index (χ4v) is 3.12. The maximum absolute atomic E-state index is 12.3. The van der Waals surface area contributed by atoms with Crippen LogP contribution in [0.2, 0.25) is 5.02 Å². The third kappa shape index (κ3) is 3.31. The number of hydrogen-bond donors (Lipinski definition) is 1. The molecule has 0 aliphatic rings. The monoisotopic (exact) mass is 330 g/mol. The summed E-state index contributed by atoms with van der Waals surface area (Å²) in [6.45, 7) is 2.41. The predicted octanol–water partition coefficient (Wildman–Crippen LogP) is 2.27. The zero-order valence-electron chi connectivity index (χ0n) is 10.9. The summed E-state index contributed by atoms with van der Waals surface area (Å²) in [5.74, 6) is 0. The van der Waals surface area contributed by atoms with Crippen LogP contribution >= 0.6 is 11.6 Å². The minimum Gasteiger partial charge on any atom is -0.276 e. The fraction of sp³-hybridized carbons (Fsp3) is 0.182. The van der Waals surface area contributed by atoms with Crippen LogP contribution in [0.1, 0.15) is 6.92 Å². The predicted molar refractivity (Wildman–Crippen MR) is 76.8 cm³/mol. The summed E-state index contributed by atoms with van der Waals surface area (Å²) < 4.78 is 28.3. The first-order valence-electron chi connectivity index (χ1n) is 5.82. The zero-order chi connectivity index (χ0) is 15.6. The van der Waals surface area contributed by atoms with Crippen molar-refractivity contribution in [3.05, 3.63) is 45.7 Å². The highest BCUT2D eigenvalue weighted by Crippen LogP contribution is 2.28. The quantitative estimate of drug-likeness (QED) is 0.668. The van der Waals surface area contributed by atoms with Crippen molar-refractivity contribution in [1.82, 2.24) is 9.78 Å². The van der Waals surface area contributed by atoms with Crippen LogP contribution in [0.4, 0.5) is 11.4 Å². The molecule has 112 valence electrons.